The van der Waals surface area contributed by atoms with E-state index in [0.717, 1.165) is 15.7 Å². The molecule has 0 radical (unpaired) electrons. The molecule has 1 heterocycles. The van der Waals surface area contributed by atoms with E-state index >= 15 is 0 Å². The minimum absolute atomic E-state index is 0.107. The maximum atomic E-state index is 12.4. The van der Waals surface area contributed by atoms with Crippen molar-refractivity contribution in [1.29, 1.82) is 0 Å². The normalized spacial score (nSPS) is 10.9. The molecule has 3 aromatic rings. The third kappa shape index (κ3) is 5.95. The molecule has 162 valence electrons. The van der Waals surface area contributed by atoms with E-state index in [4.69, 9.17) is 0 Å². The van der Waals surface area contributed by atoms with Crippen LogP contribution in [0.15, 0.2) is 58.2 Å². The number of hydrogen-bond donors (Lipinski definition) is 2. The summed E-state index contributed by atoms with van der Waals surface area (Å²) in [6, 6.07) is 15.0. The quantitative estimate of drug-likeness (QED) is 0.447. The molecule has 31 heavy (non-hydrogen) atoms. The molecule has 2 aromatic carbocycles. The van der Waals surface area contributed by atoms with Crippen molar-refractivity contribution < 1.29 is 9.59 Å². The van der Waals surface area contributed by atoms with Crippen LogP contribution >= 0.6 is 27.7 Å². The molecular formula is C22H24BrN5O2S. The summed E-state index contributed by atoms with van der Waals surface area (Å²) in [5.74, 6) is 0.824. The van der Waals surface area contributed by atoms with Gasteiger partial charge in [-0.05, 0) is 45.6 Å². The molecular weight excluding hydrogens is 478 g/mol. The molecule has 9 heteroatoms. The first-order valence-electron chi connectivity index (χ1n) is 9.79. The lowest BCUT2D eigenvalue weighted by molar-refractivity contribution is -0.113. The Morgan fingerprint density at radius 2 is 1.81 bits per heavy atom. The van der Waals surface area contributed by atoms with Crippen molar-refractivity contribution in [3.05, 3.63) is 70.0 Å². The van der Waals surface area contributed by atoms with Crippen molar-refractivity contribution in [3.63, 3.8) is 0 Å². The van der Waals surface area contributed by atoms with Gasteiger partial charge in [-0.25, -0.2) is 0 Å². The third-order valence-electron chi connectivity index (χ3n) is 4.64. The van der Waals surface area contributed by atoms with E-state index in [9.17, 15) is 9.59 Å². The minimum Gasteiger partial charge on any atom is -0.345 e. The standard InChI is InChI=1S/C22H24BrN5O2S/c1-14(2)15-8-5-7-11-18(15)25-20(29)13-31-22-27-26-19(28(22)3)12-24-21(30)16-9-4-6-10-17(16)23/h4-11,14H,12-13H2,1-3H3,(H,24,30)(H,25,29). The van der Waals surface area contributed by atoms with Crippen LogP contribution < -0.4 is 10.6 Å². The second kappa shape index (κ2) is 10.6. The molecule has 3 rings (SSSR count). The molecule has 0 unspecified atom stereocenters. The van der Waals surface area contributed by atoms with Gasteiger partial charge in [0, 0.05) is 17.2 Å². The summed E-state index contributed by atoms with van der Waals surface area (Å²) in [5, 5.41) is 14.7. The van der Waals surface area contributed by atoms with Crippen LogP contribution in [0.1, 0.15) is 41.5 Å². The van der Waals surface area contributed by atoms with Crippen LogP contribution in [-0.4, -0.2) is 32.3 Å². The van der Waals surface area contributed by atoms with Crippen molar-refractivity contribution in [2.45, 2.75) is 31.5 Å². The molecule has 2 amide bonds. The number of anilines is 1. The summed E-state index contributed by atoms with van der Waals surface area (Å²) in [5.41, 5.74) is 2.48. The van der Waals surface area contributed by atoms with Crippen molar-refractivity contribution in [2.75, 3.05) is 11.1 Å². The number of carbonyl (C=O) groups excluding carboxylic acids is 2. The van der Waals surface area contributed by atoms with Crippen LogP contribution in [0, 0.1) is 0 Å². The average molecular weight is 502 g/mol. The second-order valence-electron chi connectivity index (χ2n) is 7.20. The van der Waals surface area contributed by atoms with Gasteiger partial charge in [-0.15, -0.1) is 10.2 Å². The number of amides is 2. The fourth-order valence-corrected chi connectivity index (χ4v) is 4.15. The van der Waals surface area contributed by atoms with Gasteiger partial charge < -0.3 is 15.2 Å². The van der Waals surface area contributed by atoms with Gasteiger partial charge in [-0.3, -0.25) is 9.59 Å². The van der Waals surface area contributed by atoms with E-state index in [1.807, 2.05) is 43.4 Å². The summed E-state index contributed by atoms with van der Waals surface area (Å²) in [4.78, 5) is 24.8. The maximum Gasteiger partial charge on any atom is 0.252 e. The summed E-state index contributed by atoms with van der Waals surface area (Å²) in [7, 11) is 1.81. The number of nitrogens with one attached hydrogen (secondary N) is 2. The largest absolute Gasteiger partial charge is 0.345 e. The molecule has 0 aliphatic carbocycles. The minimum atomic E-state index is -0.201. The number of nitrogens with zero attached hydrogens (tertiary/aromatic N) is 3. The predicted molar refractivity (Wildman–Crippen MR) is 126 cm³/mol. The van der Waals surface area contributed by atoms with E-state index in [1.54, 1.807) is 16.7 Å². The smallest absolute Gasteiger partial charge is 0.252 e. The number of aromatic nitrogens is 3. The van der Waals surface area contributed by atoms with Crippen LogP contribution in [0.25, 0.3) is 0 Å². The molecule has 0 fully saturated rings. The fraction of sp³-hybridized carbons (Fsp3) is 0.273. The zero-order chi connectivity index (χ0) is 22.4. The van der Waals surface area contributed by atoms with Crippen LogP contribution in [0.5, 0.6) is 0 Å². The Labute approximate surface area is 194 Å². The molecule has 2 N–H and O–H groups in total. The first-order valence-corrected chi connectivity index (χ1v) is 11.6. The second-order valence-corrected chi connectivity index (χ2v) is 9.00. The van der Waals surface area contributed by atoms with E-state index in [-0.39, 0.29) is 24.1 Å². The SMILES string of the molecule is CC(C)c1ccccc1NC(=O)CSc1nnc(CNC(=O)c2ccccc2Br)n1C. The van der Waals surface area contributed by atoms with Gasteiger partial charge in [0.15, 0.2) is 11.0 Å². The number of halogens is 1. The maximum absolute atomic E-state index is 12.4. The highest BCUT2D eigenvalue weighted by Gasteiger charge is 2.15. The van der Waals surface area contributed by atoms with E-state index < -0.39 is 0 Å². The lowest BCUT2D eigenvalue weighted by atomic mass is 10.0. The number of thioether (sulfide) groups is 1. The van der Waals surface area contributed by atoms with E-state index in [0.29, 0.717) is 22.5 Å². The van der Waals surface area contributed by atoms with Gasteiger partial charge in [0.2, 0.25) is 5.91 Å². The molecule has 0 spiro atoms. The topological polar surface area (TPSA) is 88.9 Å². The van der Waals surface area contributed by atoms with Gasteiger partial charge in [-0.1, -0.05) is 55.9 Å². The van der Waals surface area contributed by atoms with Crippen molar-refractivity contribution in [1.82, 2.24) is 20.1 Å². The number of para-hydroxylation sites is 1. The molecule has 0 saturated heterocycles. The summed E-state index contributed by atoms with van der Waals surface area (Å²) in [6.45, 7) is 4.42. The monoisotopic (exact) mass is 501 g/mol. The molecule has 0 aliphatic rings. The van der Waals surface area contributed by atoms with Crippen molar-refractivity contribution in [3.8, 4) is 0 Å². The molecule has 0 aliphatic heterocycles. The van der Waals surface area contributed by atoms with E-state index in [2.05, 4.69) is 50.6 Å². The summed E-state index contributed by atoms with van der Waals surface area (Å²) < 4.78 is 2.51. The number of rotatable bonds is 8. The van der Waals surface area contributed by atoms with Gasteiger partial charge in [0.1, 0.15) is 0 Å². The first-order chi connectivity index (χ1) is 14.9. The molecule has 0 bridgehead atoms. The Hall–Kier alpha value is -2.65. The number of benzene rings is 2. The van der Waals surface area contributed by atoms with Crippen LogP contribution in [-0.2, 0) is 18.4 Å². The van der Waals surface area contributed by atoms with Gasteiger partial charge in [-0.2, -0.15) is 0 Å². The summed E-state index contributed by atoms with van der Waals surface area (Å²) >= 11 is 4.68. The molecule has 0 atom stereocenters. The van der Waals surface area contributed by atoms with E-state index in [1.165, 1.54) is 11.8 Å². The molecule has 1 aromatic heterocycles. The first kappa shape index (κ1) is 23.0. The molecule has 0 saturated carbocycles. The fourth-order valence-electron chi connectivity index (χ4n) is 2.96. The Kier molecular flexibility index (Phi) is 7.86. The lowest BCUT2D eigenvalue weighted by Gasteiger charge is -2.13. The van der Waals surface area contributed by atoms with Crippen molar-refractivity contribution >= 4 is 45.2 Å². The van der Waals surface area contributed by atoms with Crippen LogP contribution in [0.2, 0.25) is 0 Å². The van der Waals surface area contributed by atoms with Gasteiger partial charge in [0.25, 0.3) is 5.91 Å². The van der Waals surface area contributed by atoms with Crippen molar-refractivity contribution in [2.24, 2.45) is 7.05 Å². The highest BCUT2D eigenvalue weighted by molar-refractivity contribution is 9.10. The zero-order valence-corrected chi connectivity index (χ0v) is 20.0. The number of hydrogen-bond acceptors (Lipinski definition) is 5. The van der Waals surface area contributed by atoms with Gasteiger partial charge in [0.05, 0.1) is 17.9 Å². The Balaban J connectivity index is 1.55. The Bertz CT molecular complexity index is 1080. The van der Waals surface area contributed by atoms with Crippen LogP contribution in [0.4, 0.5) is 5.69 Å². The average Bonchev–Trinajstić information content (AvgIpc) is 3.10. The van der Waals surface area contributed by atoms with Gasteiger partial charge >= 0.3 is 0 Å². The Morgan fingerprint density at radius 3 is 2.55 bits per heavy atom. The van der Waals surface area contributed by atoms with Crippen LogP contribution in [0.3, 0.4) is 0 Å². The summed E-state index contributed by atoms with van der Waals surface area (Å²) in [6.07, 6.45) is 0. The molecule has 7 nitrogen and oxygen atoms in total. The zero-order valence-electron chi connectivity index (χ0n) is 17.6. The lowest BCUT2D eigenvalue weighted by Crippen LogP contribution is -2.24. The Morgan fingerprint density at radius 1 is 1.10 bits per heavy atom. The number of carbonyl (C=O) groups is 2. The highest BCUT2D eigenvalue weighted by atomic mass is 79.9. The third-order valence-corrected chi connectivity index (χ3v) is 6.35. The highest BCUT2D eigenvalue weighted by Crippen LogP contribution is 2.24. The predicted octanol–water partition coefficient (Wildman–Crippen LogP) is 4.36.